The first-order valence-corrected chi connectivity index (χ1v) is 3.63. The Kier molecular flexibility index (Phi) is 2.16. The van der Waals surface area contributed by atoms with E-state index in [1.54, 1.807) is 18.5 Å². The quantitative estimate of drug-likeness (QED) is 0.627. The normalized spacial score (nSPS) is 13.1. The molecule has 0 aliphatic rings. The fourth-order valence-corrected chi connectivity index (χ4v) is 0.752. The molecule has 9 heavy (non-hydrogen) atoms. The molecule has 2 nitrogen and oxygen atoms in total. The van der Waals surface area contributed by atoms with Crippen LogP contribution in [0, 0.1) is 0 Å². The van der Waals surface area contributed by atoms with E-state index < -0.39 is 0 Å². The van der Waals surface area contributed by atoms with Gasteiger partial charge in [0.2, 0.25) is 0 Å². The summed E-state index contributed by atoms with van der Waals surface area (Å²) in [5.41, 5.74) is 0. The second-order valence-corrected chi connectivity index (χ2v) is 3.10. The number of halogens is 1. The second-order valence-electron chi connectivity index (χ2n) is 1.72. The van der Waals surface area contributed by atoms with Gasteiger partial charge in [0.25, 0.3) is 0 Å². The Morgan fingerprint density at radius 1 is 1.44 bits per heavy atom. The minimum atomic E-state index is 0.249. The smallest absolute Gasteiger partial charge is 0.141 e. The van der Waals surface area contributed by atoms with Crippen LogP contribution < -0.4 is 0 Å². The molecule has 0 fully saturated rings. The van der Waals surface area contributed by atoms with Gasteiger partial charge in [-0.3, -0.25) is 0 Å². The summed E-state index contributed by atoms with van der Waals surface area (Å²) in [5.74, 6) is 0.831. The standard InChI is InChI=1S/C6H7BrN2/c1-5(7)6-8-3-2-4-9-6/h2-5H,1H3. The maximum atomic E-state index is 4.02. The van der Waals surface area contributed by atoms with Crippen molar-refractivity contribution in [1.29, 1.82) is 0 Å². The van der Waals surface area contributed by atoms with Crippen molar-refractivity contribution in [3.05, 3.63) is 24.3 Å². The van der Waals surface area contributed by atoms with Crippen LogP contribution in [0.4, 0.5) is 0 Å². The highest BCUT2D eigenvalue weighted by Crippen LogP contribution is 2.15. The summed E-state index contributed by atoms with van der Waals surface area (Å²) in [5, 5.41) is 0. The van der Waals surface area contributed by atoms with Gasteiger partial charge in [0.1, 0.15) is 5.82 Å². The summed E-state index contributed by atoms with van der Waals surface area (Å²) in [4.78, 5) is 8.29. The molecule has 0 saturated carbocycles. The summed E-state index contributed by atoms with van der Waals surface area (Å²) in [6.07, 6.45) is 3.47. The van der Waals surface area contributed by atoms with Crippen molar-refractivity contribution >= 4 is 15.9 Å². The molecule has 3 heteroatoms. The predicted molar refractivity (Wildman–Crippen MR) is 39.4 cm³/mol. The minimum Gasteiger partial charge on any atom is -0.240 e. The van der Waals surface area contributed by atoms with Crippen LogP contribution in [-0.4, -0.2) is 9.97 Å². The van der Waals surface area contributed by atoms with Gasteiger partial charge in [0.05, 0.1) is 4.83 Å². The predicted octanol–water partition coefficient (Wildman–Crippen LogP) is 1.93. The van der Waals surface area contributed by atoms with E-state index in [1.807, 2.05) is 6.92 Å². The molecule has 1 aromatic rings. The van der Waals surface area contributed by atoms with Crippen molar-refractivity contribution in [3.8, 4) is 0 Å². The Hall–Kier alpha value is -0.440. The lowest BCUT2D eigenvalue weighted by molar-refractivity contribution is 0.931. The third-order valence-corrected chi connectivity index (χ3v) is 1.35. The molecule has 0 spiro atoms. The lowest BCUT2D eigenvalue weighted by Crippen LogP contribution is -1.91. The van der Waals surface area contributed by atoms with Crippen LogP contribution >= 0.6 is 15.9 Å². The lowest BCUT2D eigenvalue weighted by Gasteiger charge is -1.97. The van der Waals surface area contributed by atoms with Crippen LogP contribution in [0.1, 0.15) is 17.6 Å². The van der Waals surface area contributed by atoms with Gasteiger partial charge in [-0.15, -0.1) is 0 Å². The Bertz CT molecular complexity index is 174. The van der Waals surface area contributed by atoms with E-state index >= 15 is 0 Å². The molecule has 0 aliphatic heterocycles. The van der Waals surface area contributed by atoms with E-state index in [2.05, 4.69) is 25.9 Å². The average molecular weight is 187 g/mol. The molecule has 0 aliphatic carbocycles. The SMILES string of the molecule is CC(Br)c1ncccn1. The number of hydrogen-bond acceptors (Lipinski definition) is 2. The van der Waals surface area contributed by atoms with Crippen molar-refractivity contribution < 1.29 is 0 Å². The monoisotopic (exact) mass is 186 g/mol. The van der Waals surface area contributed by atoms with Gasteiger partial charge in [0.15, 0.2) is 0 Å². The molecule has 1 rings (SSSR count). The first-order chi connectivity index (χ1) is 4.30. The summed E-state index contributed by atoms with van der Waals surface area (Å²) in [7, 11) is 0. The molecule has 1 unspecified atom stereocenters. The van der Waals surface area contributed by atoms with Crippen LogP contribution in [0.3, 0.4) is 0 Å². The summed E-state index contributed by atoms with van der Waals surface area (Å²) < 4.78 is 0. The first-order valence-electron chi connectivity index (χ1n) is 2.71. The zero-order chi connectivity index (χ0) is 6.69. The van der Waals surface area contributed by atoms with Crippen LogP contribution in [0.2, 0.25) is 0 Å². The van der Waals surface area contributed by atoms with Gasteiger partial charge in [-0.2, -0.15) is 0 Å². The summed E-state index contributed by atoms with van der Waals surface area (Å²) in [6.45, 7) is 2.00. The summed E-state index contributed by atoms with van der Waals surface area (Å²) in [6, 6.07) is 1.80. The third kappa shape index (κ3) is 1.75. The van der Waals surface area contributed by atoms with Crippen LogP contribution in [0.15, 0.2) is 18.5 Å². The highest BCUT2D eigenvalue weighted by molar-refractivity contribution is 9.09. The number of rotatable bonds is 1. The zero-order valence-corrected chi connectivity index (χ0v) is 6.67. The van der Waals surface area contributed by atoms with Gasteiger partial charge in [-0.25, -0.2) is 9.97 Å². The highest BCUT2D eigenvalue weighted by Gasteiger charge is 1.99. The Balaban J connectivity index is 2.85. The molecule has 0 N–H and O–H groups in total. The van der Waals surface area contributed by atoms with Gasteiger partial charge < -0.3 is 0 Å². The van der Waals surface area contributed by atoms with Crippen molar-refractivity contribution in [2.75, 3.05) is 0 Å². The molecule has 0 aromatic carbocycles. The van der Waals surface area contributed by atoms with E-state index in [0.717, 1.165) is 5.82 Å². The molecule has 0 saturated heterocycles. The maximum absolute atomic E-state index is 4.02. The van der Waals surface area contributed by atoms with Gasteiger partial charge in [-0.05, 0) is 13.0 Å². The number of nitrogens with zero attached hydrogens (tertiary/aromatic N) is 2. The fraction of sp³-hybridized carbons (Fsp3) is 0.333. The number of alkyl halides is 1. The number of hydrogen-bond donors (Lipinski definition) is 0. The molecule has 0 bridgehead atoms. The molecule has 1 heterocycles. The molecule has 1 atom stereocenters. The molecule has 0 amide bonds. The van der Waals surface area contributed by atoms with Crippen LogP contribution in [-0.2, 0) is 0 Å². The molecular weight excluding hydrogens is 180 g/mol. The average Bonchev–Trinajstić information content (AvgIpc) is 1.90. The van der Waals surface area contributed by atoms with E-state index in [4.69, 9.17) is 0 Å². The third-order valence-electron chi connectivity index (χ3n) is 0.942. The fourth-order valence-electron chi connectivity index (χ4n) is 0.516. The van der Waals surface area contributed by atoms with Crippen molar-refractivity contribution in [1.82, 2.24) is 9.97 Å². The number of aromatic nitrogens is 2. The Morgan fingerprint density at radius 2 is 2.00 bits per heavy atom. The van der Waals surface area contributed by atoms with E-state index in [9.17, 15) is 0 Å². The largest absolute Gasteiger partial charge is 0.240 e. The Labute approximate surface area is 62.5 Å². The Morgan fingerprint density at radius 3 is 2.33 bits per heavy atom. The van der Waals surface area contributed by atoms with Crippen molar-refractivity contribution in [2.24, 2.45) is 0 Å². The van der Waals surface area contributed by atoms with Crippen molar-refractivity contribution in [2.45, 2.75) is 11.8 Å². The van der Waals surface area contributed by atoms with Gasteiger partial charge >= 0.3 is 0 Å². The molecule has 1 aromatic heterocycles. The molecular formula is C6H7BrN2. The molecule has 0 radical (unpaired) electrons. The van der Waals surface area contributed by atoms with E-state index in [-0.39, 0.29) is 4.83 Å². The summed E-state index contributed by atoms with van der Waals surface area (Å²) >= 11 is 3.36. The zero-order valence-electron chi connectivity index (χ0n) is 5.08. The lowest BCUT2D eigenvalue weighted by atomic mass is 10.4. The van der Waals surface area contributed by atoms with Crippen molar-refractivity contribution in [3.63, 3.8) is 0 Å². The minimum absolute atomic E-state index is 0.249. The topological polar surface area (TPSA) is 25.8 Å². The molecule has 48 valence electrons. The van der Waals surface area contributed by atoms with E-state index in [1.165, 1.54) is 0 Å². The van der Waals surface area contributed by atoms with Gasteiger partial charge in [-0.1, -0.05) is 15.9 Å². The van der Waals surface area contributed by atoms with Crippen LogP contribution in [0.25, 0.3) is 0 Å². The van der Waals surface area contributed by atoms with Gasteiger partial charge in [0, 0.05) is 12.4 Å². The first kappa shape index (κ1) is 6.68. The second kappa shape index (κ2) is 2.92. The van der Waals surface area contributed by atoms with E-state index in [0.29, 0.717) is 0 Å². The highest BCUT2D eigenvalue weighted by atomic mass is 79.9. The maximum Gasteiger partial charge on any atom is 0.141 e. The van der Waals surface area contributed by atoms with Crippen LogP contribution in [0.5, 0.6) is 0 Å².